The summed E-state index contributed by atoms with van der Waals surface area (Å²) in [5.74, 6) is 2.34. The van der Waals surface area contributed by atoms with Gasteiger partial charge in [-0.05, 0) is 49.1 Å². The van der Waals surface area contributed by atoms with Crippen LogP contribution in [0.25, 0.3) is 10.9 Å². The molecule has 4 rings (SSSR count). The number of para-hydroxylation sites is 1. The third kappa shape index (κ3) is 4.23. The first-order valence-corrected chi connectivity index (χ1v) is 11.8. The van der Waals surface area contributed by atoms with Gasteiger partial charge in [0.1, 0.15) is 0 Å². The Bertz CT molecular complexity index is 1070. The molecule has 30 heavy (non-hydrogen) atoms. The van der Waals surface area contributed by atoms with Gasteiger partial charge in [-0.15, -0.1) is 0 Å². The first-order chi connectivity index (χ1) is 14.6. The van der Waals surface area contributed by atoms with Crippen molar-refractivity contribution < 1.29 is 4.79 Å². The highest BCUT2D eigenvalue weighted by Gasteiger charge is 2.19. The maximum Gasteiger partial charge on any atom is 0.256 e. The molecule has 1 N–H and O–H groups in total. The number of fused-ring (bicyclic) bond motifs is 1. The molecule has 0 saturated carbocycles. The summed E-state index contributed by atoms with van der Waals surface area (Å²) in [7, 11) is 0. The predicted molar refractivity (Wildman–Crippen MR) is 128 cm³/mol. The zero-order valence-electron chi connectivity index (χ0n) is 18.0. The highest BCUT2D eigenvalue weighted by molar-refractivity contribution is 7.99. The third-order valence-corrected chi connectivity index (χ3v) is 6.93. The largest absolute Gasteiger partial charge is 0.322 e. The second-order valence-corrected chi connectivity index (χ2v) is 9.09. The quantitative estimate of drug-likeness (QED) is 0.616. The van der Waals surface area contributed by atoms with Gasteiger partial charge in [0, 0.05) is 47.9 Å². The third-order valence-electron chi connectivity index (χ3n) is 5.99. The Morgan fingerprint density at radius 1 is 1.07 bits per heavy atom. The van der Waals surface area contributed by atoms with Crippen LogP contribution in [0.5, 0.6) is 0 Å². The van der Waals surface area contributed by atoms with Crippen molar-refractivity contribution in [3.05, 3.63) is 70.4 Å². The monoisotopic (exact) mass is 419 g/mol. The van der Waals surface area contributed by atoms with Gasteiger partial charge >= 0.3 is 0 Å². The molecule has 5 heteroatoms. The van der Waals surface area contributed by atoms with Gasteiger partial charge in [-0.25, -0.2) is 0 Å². The van der Waals surface area contributed by atoms with Gasteiger partial charge in [-0.3, -0.25) is 14.7 Å². The van der Waals surface area contributed by atoms with Crippen molar-refractivity contribution in [1.82, 2.24) is 9.88 Å². The molecule has 4 nitrogen and oxygen atoms in total. The summed E-state index contributed by atoms with van der Waals surface area (Å²) >= 11 is 2.02. The maximum atomic E-state index is 13.4. The van der Waals surface area contributed by atoms with Gasteiger partial charge in [-0.1, -0.05) is 37.3 Å². The first-order valence-electron chi connectivity index (χ1n) is 10.7. The van der Waals surface area contributed by atoms with Crippen LogP contribution in [0.2, 0.25) is 0 Å². The minimum absolute atomic E-state index is 0.0598. The van der Waals surface area contributed by atoms with Crippen LogP contribution in [0.15, 0.2) is 42.5 Å². The fraction of sp³-hybridized carbons (Fsp3) is 0.360. The van der Waals surface area contributed by atoms with E-state index in [2.05, 4.69) is 30.1 Å². The lowest BCUT2D eigenvalue weighted by atomic mass is 9.99. The van der Waals surface area contributed by atoms with Gasteiger partial charge in [0.15, 0.2) is 0 Å². The van der Waals surface area contributed by atoms with Gasteiger partial charge in [0.05, 0.1) is 11.1 Å². The van der Waals surface area contributed by atoms with Crippen molar-refractivity contribution in [2.45, 2.75) is 33.7 Å². The number of thioether (sulfide) groups is 1. The normalized spacial score (nSPS) is 14.8. The Balaban J connectivity index is 1.65. The van der Waals surface area contributed by atoms with E-state index in [0.29, 0.717) is 0 Å². The van der Waals surface area contributed by atoms with Crippen LogP contribution < -0.4 is 5.32 Å². The highest BCUT2D eigenvalue weighted by atomic mass is 32.2. The van der Waals surface area contributed by atoms with Crippen molar-refractivity contribution in [1.29, 1.82) is 0 Å². The minimum Gasteiger partial charge on any atom is -0.322 e. The van der Waals surface area contributed by atoms with Crippen molar-refractivity contribution in [3.8, 4) is 0 Å². The topological polar surface area (TPSA) is 45.2 Å². The van der Waals surface area contributed by atoms with E-state index in [1.54, 1.807) is 0 Å². The molecule has 0 atom stereocenters. The van der Waals surface area contributed by atoms with Gasteiger partial charge in [-0.2, -0.15) is 11.8 Å². The Kier molecular flexibility index (Phi) is 6.40. The second kappa shape index (κ2) is 9.19. The van der Waals surface area contributed by atoms with Crippen LogP contribution >= 0.6 is 11.8 Å². The number of anilines is 1. The van der Waals surface area contributed by atoms with Crippen LogP contribution in [-0.4, -0.2) is 40.4 Å². The Morgan fingerprint density at radius 3 is 2.60 bits per heavy atom. The molecule has 3 aromatic rings. The lowest BCUT2D eigenvalue weighted by molar-refractivity contribution is 0.102. The van der Waals surface area contributed by atoms with Crippen molar-refractivity contribution >= 4 is 34.3 Å². The standard InChI is InChI=1S/C25H29N3OS/c1-4-21-18(3)24(20-9-5-6-10-23(20)26-21)25(29)27-22-11-7-8-19(17(22)2)16-28-12-14-30-15-13-28/h5-11H,4,12-16H2,1-3H3,(H,27,29). The number of carbonyl (C=O) groups excluding carboxylic acids is 1. The number of carbonyl (C=O) groups is 1. The van der Waals surface area contributed by atoms with Crippen LogP contribution in [0, 0.1) is 13.8 Å². The van der Waals surface area contributed by atoms with E-state index in [1.165, 1.54) is 17.1 Å². The average Bonchev–Trinajstić information content (AvgIpc) is 2.76. The van der Waals surface area contributed by atoms with Gasteiger partial charge in [0.25, 0.3) is 5.91 Å². The van der Waals surface area contributed by atoms with E-state index < -0.39 is 0 Å². The molecular formula is C25H29N3OS. The molecule has 1 aromatic heterocycles. The molecule has 1 amide bonds. The minimum atomic E-state index is -0.0598. The molecule has 1 aliphatic heterocycles. The van der Waals surface area contributed by atoms with Crippen molar-refractivity contribution in [2.75, 3.05) is 29.9 Å². The second-order valence-electron chi connectivity index (χ2n) is 7.86. The molecule has 0 aliphatic carbocycles. The van der Waals surface area contributed by atoms with E-state index in [4.69, 9.17) is 4.98 Å². The van der Waals surface area contributed by atoms with E-state index in [9.17, 15) is 4.79 Å². The van der Waals surface area contributed by atoms with Crippen LogP contribution in [0.3, 0.4) is 0 Å². The first kappa shape index (κ1) is 20.9. The Labute approximate surface area is 183 Å². The van der Waals surface area contributed by atoms with Crippen molar-refractivity contribution in [2.24, 2.45) is 0 Å². The molecule has 0 unspecified atom stereocenters. The summed E-state index contributed by atoms with van der Waals surface area (Å²) in [6, 6.07) is 14.1. The van der Waals surface area contributed by atoms with Crippen molar-refractivity contribution in [3.63, 3.8) is 0 Å². The molecule has 1 aliphatic rings. The van der Waals surface area contributed by atoms with E-state index >= 15 is 0 Å². The lowest BCUT2D eigenvalue weighted by Crippen LogP contribution is -2.32. The summed E-state index contributed by atoms with van der Waals surface area (Å²) in [4.78, 5) is 20.7. The fourth-order valence-electron chi connectivity index (χ4n) is 4.17. The summed E-state index contributed by atoms with van der Waals surface area (Å²) < 4.78 is 0. The summed E-state index contributed by atoms with van der Waals surface area (Å²) in [6.07, 6.45) is 0.805. The predicted octanol–water partition coefficient (Wildman–Crippen LogP) is 5.22. The molecule has 156 valence electrons. The number of nitrogens with zero attached hydrogens (tertiary/aromatic N) is 2. The SMILES string of the molecule is CCc1nc2ccccc2c(C(=O)Nc2cccc(CN3CCSCC3)c2C)c1C. The average molecular weight is 420 g/mol. The molecule has 2 aromatic carbocycles. The molecule has 1 saturated heterocycles. The molecular weight excluding hydrogens is 390 g/mol. The molecule has 0 bridgehead atoms. The van der Waals surface area contributed by atoms with E-state index in [-0.39, 0.29) is 5.91 Å². The number of hydrogen-bond acceptors (Lipinski definition) is 4. The fourth-order valence-corrected chi connectivity index (χ4v) is 5.15. The van der Waals surface area contributed by atoms with Crippen LogP contribution in [-0.2, 0) is 13.0 Å². The maximum absolute atomic E-state index is 13.4. The number of aromatic nitrogens is 1. The number of aryl methyl sites for hydroxylation is 1. The number of pyridine rings is 1. The molecule has 1 fully saturated rings. The van der Waals surface area contributed by atoms with Crippen LogP contribution in [0.1, 0.15) is 39.7 Å². The Hall–Kier alpha value is -2.37. The number of benzene rings is 2. The molecule has 0 spiro atoms. The number of nitrogens with one attached hydrogen (secondary N) is 1. The van der Waals surface area contributed by atoms with E-state index in [1.807, 2.05) is 55.1 Å². The summed E-state index contributed by atoms with van der Waals surface area (Å²) in [5.41, 5.74) is 6.87. The summed E-state index contributed by atoms with van der Waals surface area (Å²) in [5, 5.41) is 4.11. The van der Waals surface area contributed by atoms with Gasteiger partial charge < -0.3 is 5.32 Å². The molecule has 0 radical (unpaired) electrons. The summed E-state index contributed by atoms with van der Waals surface area (Å²) in [6.45, 7) is 9.39. The smallest absolute Gasteiger partial charge is 0.256 e. The molecule has 2 heterocycles. The lowest BCUT2D eigenvalue weighted by Gasteiger charge is -2.27. The van der Waals surface area contributed by atoms with Crippen LogP contribution in [0.4, 0.5) is 5.69 Å². The Morgan fingerprint density at radius 2 is 1.83 bits per heavy atom. The number of amides is 1. The van der Waals surface area contributed by atoms with Gasteiger partial charge in [0.2, 0.25) is 0 Å². The van der Waals surface area contributed by atoms with E-state index in [0.717, 1.165) is 65.0 Å². The number of hydrogen-bond donors (Lipinski definition) is 1. The zero-order valence-corrected chi connectivity index (χ0v) is 18.8. The highest BCUT2D eigenvalue weighted by Crippen LogP contribution is 2.27. The zero-order chi connectivity index (χ0) is 21.1. The number of rotatable bonds is 5.